The van der Waals surface area contributed by atoms with E-state index in [0.717, 1.165) is 62.9 Å². The lowest BCUT2D eigenvalue weighted by atomic mass is 9.79. The Kier molecular flexibility index (Phi) is 12.0. The molecule has 0 amide bonds. The predicted molar refractivity (Wildman–Crippen MR) is 181 cm³/mol. The van der Waals surface area contributed by atoms with Crippen molar-refractivity contribution in [2.75, 3.05) is 19.6 Å². The van der Waals surface area contributed by atoms with Crippen LogP contribution in [0.1, 0.15) is 112 Å². The molecule has 0 aromatic carbocycles. The van der Waals surface area contributed by atoms with Gasteiger partial charge in [-0.1, -0.05) is 99.2 Å². The molecule has 1 saturated heterocycles. The molecule has 0 spiro atoms. The van der Waals surface area contributed by atoms with Crippen LogP contribution in [-0.2, 0) is 0 Å². The zero-order valence-electron chi connectivity index (χ0n) is 26.9. The summed E-state index contributed by atoms with van der Waals surface area (Å²) in [4.78, 5) is 7.67. The van der Waals surface area contributed by atoms with E-state index in [-0.39, 0.29) is 0 Å². The molecule has 1 fully saturated rings. The summed E-state index contributed by atoms with van der Waals surface area (Å²) in [7, 11) is 0. The number of hydrogen-bond acceptors (Lipinski definition) is 2. The summed E-state index contributed by atoms with van der Waals surface area (Å²) in [6.07, 6.45) is 26.7. The first-order valence-corrected chi connectivity index (χ1v) is 17.1. The van der Waals surface area contributed by atoms with Crippen molar-refractivity contribution in [3.05, 3.63) is 80.6 Å². The van der Waals surface area contributed by atoms with Gasteiger partial charge in [-0.25, -0.2) is 0 Å². The number of nitrogens with zero attached hydrogens (tertiary/aromatic N) is 2. The lowest BCUT2D eigenvalue weighted by molar-refractivity contribution is 0.381. The van der Waals surface area contributed by atoms with E-state index in [1.807, 2.05) is 0 Å². The van der Waals surface area contributed by atoms with Crippen LogP contribution in [0.15, 0.2) is 85.6 Å². The Morgan fingerprint density at radius 2 is 1.80 bits per heavy atom. The molecule has 3 atom stereocenters. The molecule has 2 aliphatic heterocycles. The minimum absolute atomic E-state index is 0.457. The summed E-state index contributed by atoms with van der Waals surface area (Å²) in [5.41, 5.74) is 12.1. The Balaban J connectivity index is 1.78. The minimum atomic E-state index is 0.457. The number of hydrogen-bond donors (Lipinski definition) is 0. The second-order valence-electron chi connectivity index (χ2n) is 12.8. The van der Waals surface area contributed by atoms with Crippen molar-refractivity contribution in [2.45, 2.75) is 112 Å². The van der Waals surface area contributed by atoms with E-state index in [1.54, 1.807) is 28.0 Å². The standard InChI is InChI=1S/C38H55ClN2/c1-7-13-36-25-34(32(9-3)26-40-36)24-33-23-31(8-2)37(18-17-30-14-12-15-35(39)22-30)27(4)16-19-38(29(6)28(33)5)41-20-10-11-21-41/h14,17-19,22,25,27,29,32H,7-13,15-16,20-21,23-24,26H2,1-6H3. The SMILES string of the molecule is CCCC1=NCC(CC)C(CC2=C(C)C(C)C(N3CCCC3)=CCC(C)C(C=CC3=CCCC(Cl)=C3)=C(CC)C2)=C1. The molecule has 4 rings (SSSR count). The Bertz CT molecular complexity index is 1180. The molecule has 41 heavy (non-hydrogen) atoms. The van der Waals surface area contributed by atoms with Crippen LogP contribution in [-0.4, -0.2) is 30.2 Å². The van der Waals surface area contributed by atoms with E-state index in [2.05, 4.69) is 82.9 Å². The zero-order chi connectivity index (χ0) is 29.4. The van der Waals surface area contributed by atoms with Gasteiger partial charge in [0.25, 0.3) is 0 Å². The van der Waals surface area contributed by atoms with Crippen LogP contribution < -0.4 is 0 Å². The van der Waals surface area contributed by atoms with Gasteiger partial charge in [-0.3, -0.25) is 4.99 Å². The summed E-state index contributed by atoms with van der Waals surface area (Å²) in [5.74, 6) is 1.51. The third-order valence-electron chi connectivity index (χ3n) is 9.94. The zero-order valence-corrected chi connectivity index (χ0v) is 27.6. The van der Waals surface area contributed by atoms with Gasteiger partial charge in [-0.15, -0.1) is 0 Å². The van der Waals surface area contributed by atoms with Crippen molar-refractivity contribution in [1.82, 2.24) is 4.90 Å². The van der Waals surface area contributed by atoms with Crippen LogP contribution in [0.2, 0.25) is 0 Å². The second-order valence-corrected chi connectivity index (χ2v) is 13.3. The lowest BCUT2D eigenvalue weighted by Gasteiger charge is -2.32. The highest BCUT2D eigenvalue weighted by Crippen LogP contribution is 2.39. The summed E-state index contributed by atoms with van der Waals surface area (Å²) in [5, 5.41) is 0.973. The van der Waals surface area contributed by atoms with Crippen LogP contribution in [0.3, 0.4) is 0 Å². The maximum Gasteiger partial charge on any atom is 0.0458 e. The summed E-state index contributed by atoms with van der Waals surface area (Å²) in [6.45, 7) is 17.7. The lowest BCUT2D eigenvalue weighted by Crippen LogP contribution is -2.25. The van der Waals surface area contributed by atoms with Gasteiger partial charge >= 0.3 is 0 Å². The third-order valence-corrected chi connectivity index (χ3v) is 10.2. The first-order valence-electron chi connectivity index (χ1n) is 16.7. The number of halogens is 1. The highest BCUT2D eigenvalue weighted by molar-refractivity contribution is 6.29. The van der Waals surface area contributed by atoms with Gasteiger partial charge in [0, 0.05) is 42.0 Å². The fraction of sp³-hybridized carbons (Fsp3) is 0.605. The molecule has 0 radical (unpaired) electrons. The van der Waals surface area contributed by atoms with Gasteiger partial charge in [-0.2, -0.15) is 0 Å². The number of allylic oxidation sites excluding steroid dienone is 12. The first kappa shape index (κ1) is 31.9. The van der Waals surface area contributed by atoms with Gasteiger partial charge in [0.2, 0.25) is 0 Å². The highest BCUT2D eigenvalue weighted by Gasteiger charge is 2.27. The van der Waals surface area contributed by atoms with Crippen molar-refractivity contribution in [2.24, 2.45) is 22.7 Å². The summed E-state index contributed by atoms with van der Waals surface area (Å²) >= 11 is 6.42. The van der Waals surface area contributed by atoms with Gasteiger partial charge in [0.1, 0.15) is 0 Å². The molecule has 2 nitrogen and oxygen atoms in total. The highest BCUT2D eigenvalue weighted by atomic mass is 35.5. The maximum atomic E-state index is 6.42. The number of dihydropyridines is 1. The minimum Gasteiger partial charge on any atom is -0.375 e. The van der Waals surface area contributed by atoms with E-state index < -0.39 is 0 Å². The first-order chi connectivity index (χ1) is 19.8. The monoisotopic (exact) mass is 574 g/mol. The maximum absolute atomic E-state index is 6.42. The average molecular weight is 575 g/mol. The number of likely N-dealkylation sites (tertiary alicyclic amines) is 1. The molecular weight excluding hydrogens is 520 g/mol. The second kappa shape index (κ2) is 15.4. The Morgan fingerprint density at radius 3 is 2.49 bits per heavy atom. The van der Waals surface area contributed by atoms with Crippen molar-refractivity contribution in [1.29, 1.82) is 0 Å². The molecular formula is C38H55ClN2. The smallest absolute Gasteiger partial charge is 0.0458 e. The predicted octanol–water partition coefficient (Wildman–Crippen LogP) is 11.1. The molecule has 0 aromatic heterocycles. The molecule has 4 aliphatic rings. The molecule has 0 aromatic rings. The van der Waals surface area contributed by atoms with E-state index >= 15 is 0 Å². The van der Waals surface area contributed by atoms with Crippen LogP contribution >= 0.6 is 11.6 Å². The Labute approximate surface area is 256 Å². The molecule has 3 unspecified atom stereocenters. The van der Waals surface area contributed by atoms with Crippen LogP contribution in [0.5, 0.6) is 0 Å². The largest absolute Gasteiger partial charge is 0.375 e. The molecule has 2 aliphatic carbocycles. The molecule has 0 N–H and O–H groups in total. The fourth-order valence-electron chi connectivity index (χ4n) is 7.12. The van der Waals surface area contributed by atoms with Crippen molar-refractivity contribution >= 4 is 17.3 Å². The fourth-order valence-corrected chi connectivity index (χ4v) is 7.36. The topological polar surface area (TPSA) is 15.6 Å². The van der Waals surface area contributed by atoms with Gasteiger partial charge in [0.05, 0.1) is 0 Å². The van der Waals surface area contributed by atoms with E-state index in [9.17, 15) is 0 Å². The van der Waals surface area contributed by atoms with Gasteiger partial charge in [-0.05, 0) is 106 Å². The van der Waals surface area contributed by atoms with E-state index in [0.29, 0.717) is 17.8 Å². The Hall–Kier alpha value is -2.06. The molecule has 224 valence electrons. The van der Waals surface area contributed by atoms with Crippen LogP contribution in [0.4, 0.5) is 0 Å². The quantitative estimate of drug-likeness (QED) is 0.250. The average Bonchev–Trinajstić information content (AvgIpc) is 3.50. The van der Waals surface area contributed by atoms with E-state index in [4.69, 9.17) is 16.6 Å². The van der Waals surface area contributed by atoms with Crippen LogP contribution in [0.25, 0.3) is 0 Å². The number of aliphatic imine (C=N–C) groups is 1. The number of rotatable bonds is 9. The van der Waals surface area contributed by atoms with E-state index in [1.165, 1.54) is 49.2 Å². The molecule has 0 saturated carbocycles. The third kappa shape index (κ3) is 8.28. The Morgan fingerprint density at radius 1 is 1.02 bits per heavy atom. The molecule has 2 heterocycles. The van der Waals surface area contributed by atoms with Gasteiger partial charge < -0.3 is 4.90 Å². The molecule has 0 bridgehead atoms. The summed E-state index contributed by atoms with van der Waals surface area (Å²) < 4.78 is 0. The van der Waals surface area contributed by atoms with Crippen molar-refractivity contribution in [3.63, 3.8) is 0 Å². The van der Waals surface area contributed by atoms with Gasteiger partial charge in [0.15, 0.2) is 0 Å². The van der Waals surface area contributed by atoms with Crippen LogP contribution in [0, 0.1) is 17.8 Å². The van der Waals surface area contributed by atoms with Crippen molar-refractivity contribution in [3.8, 4) is 0 Å². The normalized spacial score (nSPS) is 26.7. The molecule has 3 heteroatoms. The van der Waals surface area contributed by atoms with Crippen molar-refractivity contribution < 1.29 is 0 Å². The summed E-state index contributed by atoms with van der Waals surface area (Å²) in [6, 6.07) is 0.